The molecule has 0 unspecified atom stereocenters. The molecule has 1 heterocycles. The molecule has 2 nitrogen and oxygen atoms in total. The van der Waals surface area contributed by atoms with E-state index in [2.05, 4.69) is 44.0 Å². The number of anilines is 1. The van der Waals surface area contributed by atoms with Crippen LogP contribution in [0.4, 0.5) is 5.69 Å². The van der Waals surface area contributed by atoms with Gasteiger partial charge in [-0.2, -0.15) is 0 Å². The Morgan fingerprint density at radius 3 is 2.86 bits per heavy atom. The SMILES string of the molecule is CC(C)c1cccc2c1OCCN2C. The Morgan fingerprint density at radius 1 is 1.36 bits per heavy atom. The van der Waals surface area contributed by atoms with E-state index in [1.807, 2.05) is 0 Å². The van der Waals surface area contributed by atoms with Gasteiger partial charge in [-0.15, -0.1) is 0 Å². The molecular formula is C12H17NO. The molecule has 1 aromatic carbocycles. The van der Waals surface area contributed by atoms with Crippen molar-refractivity contribution < 1.29 is 4.74 Å². The third-order valence-corrected chi connectivity index (χ3v) is 2.73. The number of ether oxygens (including phenoxy) is 1. The first-order valence-corrected chi connectivity index (χ1v) is 5.17. The summed E-state index contributed by atoms with van der Waals surface area (Å²) in [5.74, 6) is 1.60. The van der Waals surface area contributed by atoms with Gasteiger partial charge in [-0.25, -0.2) is 0 Å². The Morgan fingerprint density at radius 2 is 2.14 bits per heavy atom. The predicted octanol–water partition coefficient (Wildman–Crippen LogP) is 2.64. The molecule has 0 amide bonds. The van der Waals surface area contributed by atoms with Crippen LogP contribution in [0.5, 0.6) is 5.75 Å². The fraction of sp³-hybridized carbons (Fsp3) is 0.500. The van der Waals surface area contributed by atoms with Gasteiger partial charge in [0, 0.05) is 7.05 Å². The fourth-order valence-electron chi connectivity index (χ4n) is 1.86. The maximum absolute atomic E-state index is 5.74. The molecule has 0 radical (unpaired) electrons. The third kappa shape index (κ3) is 1.45. The molecule has 0 saturated carbocycles. The van der Waals surface area contributed by atoms with E-state index in [4.69, 9.17) is 4.74 Å². The highest BCUT2D eigenvalue weighted by molar-refractivity contribution is 5.63. The molecule has 0 bridgehead atoms. The van der Waals surface area contributed by atoms with E-state index in [1.165, 1.54) is 11.3 Å². The van der Waals surface area contributed by atoms with Crippen molar-refractivity contribution in [1.29, 1.82) is 0 Å². The molecule has 0 N–H and O–H groups in total. The van der Waals surface area contributed by atoms with Crippen LogP contribution in [0.2, 0.25) is 0 Å². The van der Waals surface area contributed by atoms with E-state index in [9.17, 15) is 0 Å². The monoisotopic (exact) mass is 191 g/mol. The molecule has 1 aromatic rings. The summed E-state index contributed by atoms with van der Waals surface area (Å²) < 4.78 is 5.74. The van der Waals surface area contributed by atoms with Gasteiger partial charge in [0.1, 0.15) is 12.4 Å². The van der Waals surface area contributed by atoms with Crippen molar-refractivity contribution >= 4 is 5.69 Å². The Kier molecular flexibility index (Phi) is 2.36. The van der Waals surface area contributed by atoms with Crippen molar-refractivity contribution in [3.8, 4) is 5.75 Å². The number of likely N-dealkylation sites (N-methyl/N-ethyl adjacent to an activating group) is 1. The quantitative estimate of drug-likeness (QED) is 0.676. The first-order chi connectivity index (χ1) is 6.70. The number of hydrogen-bond donors (Lipinski definition) is 0. The van der Waals surface area contributed by atoms with Crippen LogP contribution in [0.3, 0.4) is 0 Å². The van der Waals surface area contributed by atoms with Gasteiger partial charge in [-0.3, -0.25) is 0 Å². The maximum atomic E-state index is 5.74. The Hall–Kier alpha value is -1.18. The molecule has 2 rings (SSSR count). The molecule has 1 aliphatic heterocycles. The average Bonchev–Trinajstić information content (AvgIpc) is 2.17. The molecule has 0 saturated heterocycles. The normalized spacial score (nSPS) is 15.3. The van der Waals surface area contributed by atoms with Crippen molar-refractivity contribution in [3.05, 3.63) is 23.8 Å². The highest BCUT2D eigenvalue weighted by Crippen LogP contribution is 2.37. The Bertz CT molecular complexity index is 319. The van der Waals surface area contributed by atoms with Gasteiger partial charge in [-0.1, -0.05) is 26.0 Å². The zero-order valence-corrected chi connectivity index (χ0v) is 9.08. The van der Waals surface area contributed by atoms with Crippen molar-refractivity contribution in [2.75, 3.05) is 25.1 Å². The first-order valence-electron chi connectivity index (χ1n) is 5.17. The first kappa shape index (κ1) is 9.38. The van der Waals surface area contributed by atoms with Crippen LogP contribution >= 0.6 is 0 Å². The van der Waals surface area contributed by atoms with Gasteiger partial charge < -0.3 is 9.64 Å². The van der Waals surface area contributed by atoms with Crippen LogP contribution in [-0.4, -0.2) is 20.2 Å². The summed E-state index contributed by atoms with van der Waals surface area (Å²) in [5, 5.41) is 0. The number of fused-ring (bicyclic) bond motifs is 1. The second-order valence-electron chi connectivity index (χ2n) is 4.12. The van der Waals surface area contributed by atoms with Crippen LogP contribution in [0, 0.1) is 0 Å². The lowest BCUT2D eigenvalue weighted by molar-refractivity contribution is 0.307. The number of hydrogen-bond acceptors (Lipinski definition) is 2. The molecule has 0 fully saturated rings. The predicted molar refractivity (Wildman–Crippen MR) is 59.3 cm³/mol. The van der Waals surface area contributed by atoms with Crippen LogP contribution in [0.25, 0.3) is 0 Å². The summed E-state index contributed by atoms with van der Waals surface area (Å²) in [6, 6.07) is 6.39. The Labute approximate surface area is 85.5 Å². The largest absolute Gasteiger partial charge is 0.489 e. The molecule has 14 heavy (non-hydrogen) atoms. The highest BCUT2D eigenvalue weighted by Gasteiger charge is 2.18. The van der Waals surface area contributed by atoms with Gasteiger partial charge in [0.15, 0.2) is 0 Å². The molecule has 76 valence electrons. The molecule has 1 aliphatic rings. The average molecular weight is 191 g/mol. The fourth-order valence-corrected chi connectivity index (χ4v) is 1.86. The zero-order chi connectivity index (χ0) is 10.1. The molecule has 0 aliphatic carbocycles. The minimum absolute atomic E-state index is 0.524. The zero-order valence-electron chi connectivity index (χ0n) is 9.08. The summed E-state index contributed by atoms with van der Waals surface area (Å²) in [5.41, 5.74) is 2.54. The van der Waals surface area contributed by atoms with Crippen molar-refractivity contribution in [2.45, 2.75) is 19.8 Å². The number of rotatable bonds is 1. The van der Waals surface area contributed by atoms with Gasteiger partial charge >= 0.3 is 0 Å². The molecule has 2 heteroatoms. The topological polar surface area (TPSA) is 12.5 Å². The highest BCUT2D eigenvalue weighted by atomic mass is 16.5. The minimum Gasteiger partial charge on any atom is -0.489 e. The van der Waals surface area contributed by atoms with Crippen LogP contribution < -0.4 is 9.64 Å². The van der Waals surface area contributed by atoms with E-state index >= 15 is 0 Å². The van der Waals surface area contributed by atoms with E-state index in [0.29, 0.717) is 5.92 Å². The van der Waals surface area contributed by atoms with Crippen molar-refractivity contribution in [3.63, 3.8) is 0 Å². The Balaban J connectivity index is 2.49. The van der Waals surface area contributed by atoms with Gasteiger partial charge in [0.25, 0.3) is 0 Å². The molecular weight excluding hydrogens is 174 g/mol. The smallest absolute Gasteiger partial charge is 0.146 e. The van der Waals surface area contributed by atoms with E-state index in [1.54, 1.807) is 0 Å². The van der Waals surface area contributed by atoms with Crippen molar-refractivity contribution in [2.24, 2.45) is 0 Å². The lowest BCUT2D eigenvalue weighted by atomic mass is 10.0. The molecule has 0 atom stereocenters. The molecule has 0 aromatic heterocycles. The summed E-state index contributed by atoms with van der Waals surface area (Å²) in [4.78, 5) is 2.25. The van der Waals surface area contributed by atoms with Crippen LogP contribution in [0.1, 0.15) is 25.3 Å². The van der Waals surface area contributed by atoms with Crippen molar-refractivity contribution in [1.82, 2.24) is 0 Å². The number of nitrogens with zero attached hydrogens (tertiary/aromatic N) is 1. The number of para-hydroxylation sites is 1. The number of benzene rings is 1. The van der Waals surface area contributed by atoms with Crippen LogP contribution in [0.15, 0.2) is 18.2 Å². The van der Waals surface area contributed by atoms with Gasteiger partial charge in [-0.05, 0) is 17.5 Å². The van der Waals surface area contributed by atoms with E-state index in [0.717, 1.165) is 18.9 Å². The summed E-state index contributed by atoms with van der Waals surface area (Å²) in [6.45, 7) is 6.18. The lowest BCUT2D eigenvalue weighted by Crippen LogP contribution is -2.29. The van der Waals surface area contributed by atoms with E-state index in [-0.39, 0.29) is 0 Å². The second-order valence-corrected chi connectivity index (χ2v) is 4.12. The van der Waals surface area contributed by atoms with Crippen LogP contribution in [-0.2, 0) is 0 Å². The standard InChI is InChI=1S/C12H17NO/c1-9(2)10-5-4-6-11-12(10)14-8-7-13(11)3/h4-6,9H,7-8H2,1-3H3. The molecule has 0 spiro atoms. The summed E-state index contributed by atoms with van der Waals surface area (Å²) in [6.07, 6.45) is 0. The second kappa shape index (κ2) is 3.52. The maximum Gasteiger partial charge on any atom is 0.146 e. The van der Waals surface area contributed by atoms with Gasteiger partial charge in [0.05, 0.1) is 12.2 Å². The van der Waals surface area contributed by atoms with Gasteiger partial charge in [0.2, 0.25) is 0 Å². The summed E-state index contributed by atoms with van der Waals surface area (Å²) in [7, 11) is 2.12. The summed E-state index contributed by atoms with van der Waals surface area (Å²) >= 11 is 0. The lowest BCUT2D eigenvalue weighted by Gasteiger charge is -2.29. The van der Waals surface area contributed by atoms with E-state index < -0.39 is 0 Å². The minimum atomic E-state index is 0.524. The third-order valence-electron chi connectivity index (χ3n) is 2.73.